The third-order valence-electron chi connectivity index (χ3n) is 3.53. The Morgan fingerprint density at radius 1 is 1.20 bits per heavy atom. The molecular formula is C12H12NO6S-. The predicted octanol–water partition coefficient (Wildman–Crippen LogP) is 0.287. The van der Waals surface area contributed by atoms with E-state index in [4.69, 9.17) is 0 Å². The maximum absolute atomic E-state index is 12.4. The highest BCUT2D eigenvalue weighted by Crippen LogP contribution is 2.34. The molecule has 2 atom stereocenters. The van der Waals surface area contributed by atoms with Crippen LogP contribution in [-0.4, -0.2) is 24.6 Å². The second-order valence-corrected chi connectivity index (χ2v) is 6.86. The molecule has 0 bridgehead atoms. The molecule has 108 valence electrons. The van der Waals surface area contributed by atoms with Gasteiger partial charge in [0.2, 0.25) is 0 Å². The Labute approximate surface area is 115 Å². The van der Waals surface area contributed by atoms with E-state index in [2.05, 4.69) is 0 Å². The lowest BCUT2D eigenvalue weighted by atomic mass is 10.1. The summed E-state index contributed by atoms with van der Waals surface area (Å²) in [6, 6.07) is 4.46. The van der Waals surface area contributed by atoms with Crippen molar-refractivity contribution < 1.29 is 23.2 Å². The number of non-ortho nitro benzene ring substituents is 1. The highest BCUT2D eigenvalue weighted by molar-refractivity contribution is 7.92. The quantitative estimate of drug-likeness (QED) is 0.582. The largest absolute Gasteiger partial charge is 0.550 e. The van der Waals surface area contributed by atoms with Gasteiger partial charge in [0.15, 0.2) is 9.84 Å². The summed E-state index contributed by atoms with van der Waals surface area (Å²) in [6.45, 7) is 0. The molecule has 0 spiro atoms. The maximum Gasteiger partial charge on any atom is 0.269 e. The van der Waals surface area contributed by atoms with Crippen molar-refractivity contribution >= 4 is 21.5 Å². The number of nitro benzene ring substituents is 1. The Morgan fingerprint density at radius 3 is 2.30 bits per heavy atom. The average Bonchev–Trinajstić information content (AvgIpc) is 2.89. The normalized spacial score (nSPS) is 22.6. The molecule has 1 aromatic rings. The van der Waals surface area contributed by atoms with Crippen molar-refractivity contribution in [3.8, 4) is 0 Å². The van der Waals surface area contributed by atoms with E-state index in [1.807, 2.05) is 0 Å². The number of carboxylic acid groups (broad SMARTS) is 1. The summed E-state index contributed by atoms with van der Waals surface area (Å²) < 4.78 is 24.7. The molecule has 2 rings (SSSR count). The standard InChI is InChI=1S/C12H13NO6S/c14-12(15)10-2-1-3-11(10)20(18,19)9-6-4-8(5-7-9)13(16)17/h4-7,10-11H,1-3H2,(H,14,15)/p-1/t10-,11+/m0/s1. The van der Waals surface area contributed by atoms with E-state index in [0.29, 0.717) is 6.42 Å². The second kappa shape index (κ2) is 5.20. The van der Waals surface area contributed by atoms with E-state index in [1.54, 1.807) is 0 Å². The number of aliphatic carboxylic acids is 1. The summed E-state index contributed by atoms with van der Waals surface area (Å²) in [5.74, 6) is -2.38. The lowest BCUT2D eigenvalue weighted by Crippen LogP contribution is -2.39. The van der Waals surface area contributed by atoms with Crippen LogP contribution in [0.4, 0.5) is 5.69 Å². The van der Waals surface area contributed by atoms with Crippen LogP contribution in [-0.2, 0) is 14.6 Å². The molecule has 7 nitrogen and oxygen atoms in total. The number of hydrogen-bond donors (Lipinski definition) is 0. The minimum absolute atomic E-state index is 0.0961. The summed E-state index contributed by atoms with van der Waals surface area (Å²) in [7, 11) is -3.82. The van der Waals surface area contributed by atoms with Crippen LogP contribution in [0.1, 0.15) is 19.3 Å². The van der Waals surface area contributed by atoms with Crippen molar-refractivity contribution in [2.45, 2.75) is 29.4 Å². The predicted molar refractivity (Wildman–Crippen MR) is 66.4 cm³/mol. The van der Waals surface area contributed by atoms with Crippen LogP contribution >= 0.6 is 0 Å². The van der Waals surface area contributed by atoms with E-state index in [-0.39, 0.29) is 23.4 Å². The first-order valence-electron chi connectivity index (χ1n) is 6.03. The lowest BCUT2D eigenvalue weighted by Gasteiger charge is -2.20. The Bertz CT molecular complexity index is 636. The van der Waals surface area contributed by atoms with Gasteiger partial charge in [-0.25, -0.2) is 8.42 Å². The molecule has 1 fully saturated rings. The number of carbonyl (C=O) groups excluding carboxylic acids is 1. The highest BCUT2D eigenvalue weighted by atomic mass is 32.2. The van der Waals surface area contributed by atoms with Gasteiger partial charge in [-0.2, -0.15) is 0 Å². The zero-order valence-corrected chi connectivity index (χ0v) is 11.2. The van der Waals surface area contributed by atoms with Crippen molar-refractivity contribution in [2.24, 2.45) is 5.92 Å². The molecule has 0 unspecified atom stereocenters. The van der Waals surface area contributed by atoms with Crippen LogP contribution in [0.5, 0.6) is 0 Å². The maximum atomic E-state index is 12.4. The number of carbonyl (C=O) groups is 1. The Hall–Kier alpha value is -1.96. The van der Waals surface area contributed by atoms with Crippen molar-refractivity contribution in [1.82, 2.24) is 0 Å². The van der Waals surface area contributed by atoms with Gasteiger partial charge in [0, 0.05) is 24.0 Å². The van der Waals surface area contributed by atoms with Crippen molar-refractivity contribution in [2.75, 3.05) is 0 Å². The van der Waals surface area contributed by atoms with Crippen molar-refractivity contribution in [3.63, 3.8) is 0 Å². The number of sulfone groups is 1. The monoisotopic (exact) mass is 298 g/mol. The first-order valence-corrected chi connectivity index (χ1v) is 7.58. The third kappa shape index (κ3) is 2.51. The first kappa shape index (κ1) is 14.4. The molecule has 1 aromatic carbocycles. The molecular weight excluding hydrogens is 286 g/mol. The molecule has 0 aromatic heterocycles. The van der Waals surface area contributed by atoms with Crippen LogP contribution in [0.25, 0.3) is 0 Å². The van der Waals surface area contributed by atoms with Gasteiger partial charge in [0.05, 0.1) is 15.1 Å². The number of rotatable bonds is 4. The van der Waals surface area contributed by atoms with Crippen LogP contribution in [0, 0.1) is 16.0 Å². The third-order valence-corrected chi connectivity index (χ3v) is 5.82. The summed E-state index contributed by atoms with van der Waals surface area (Å²) in [4.78, 5) is 20.8. The number of nitro groups is 1. The van der Waals surface area contributed by atoms with Gasteiger partial charge in [-0.05, 0) is 25.0 Å². The molecule has 0 N–H and O–H groups in total. The van der Waals surface area contributed by atoms with Gasteiger partial charge in [-0.3, -0.25) is 10.1 Å². The van der Waals surface area contributed by atoms with Crippen molar-refractivity contribution in [3.05, 3.63) is 34.4 Å². The number of carboxylic acids is 1. The molecule has 20 heavy (non-hydrogen) atoms. The lowest BCUT2D eigenvalue weighted by molar-refractivity contribution is -0.384. The molecule has 1 saturated carbocycles. The number of benzene rings is 1. The molecule has 1 aliphatic carbocycles. The van der Waals surface area contributed by atoms with Gasteiger partial charge in [0.25, 0.3) is 5.69 Å². The van der Waals surface area contributed by atoms with Gasteiger partial charge < -0.3 is 9.90 Å². The van der Waals surface area contributed by atoms with Crippen LogP contribution in [0.15, 0.2) is 29.2 Å². The smallest absolute Gasteiger partial charge is 0.269 e. The van der Waals surface area contributed by atoms with E-state index in [1.165, 1.54) is 0 Å². The van der Waals surface area contributed by atoms with Gasteiger partial charge >= 0.3 is 0 Å². The molecule has 0 radical (unpaired) electrons. The van der Waals surface area contributed by atoms with Gasteiger partial charge in [-0.15, -0.1) is 0 Å². The summed E-state index contributed by atoms with van der Waals surface area (Å²) in [6.07, 6.45) is 1.05. The fraction of sp³-hybridized carbons (Fsp3) is 0.417. The van der Waals surface area contributed by atoms with Crippen molar-refractivity contribution in [1.29, 1.82) is 0 Å². The summed E-state index contributed by atoms with van der Waals surface area (Å²) in [5, 5.41) is 20.5. The molecule has 0 saturated heterocycles. The van der Waals surface area contributed by atoms with E-state index < -0.39 is 31.9 Å². The highest BCUT2D eigenvalue weighted by Gasteiger charge is 2.39. The number of hydrogen-bond acceptors (Lipinski definition) is 6. The first-order chi connectivity index (χ1) is 9.34. The summed E-state index contributed by atoms with van der Waals surface area (Å²) >= 11 is 0. The molecule has 0 amide bonds. The fourth-order valence-corrected chi connectivity index (χ4v) is 4.52. The Balaban J connectivity index is 2.35. The molecule has 1 aliphatic rings. The SMILES string of the molecule is O=C([O-])[C@H]1CCC[C@H]1S(=O)(=O)c1ccc([N+](=O)[O-])cc1. The topological polar surface area (TPSA) is 117 Å². The summed E-state index contributed by atoms with van der Waals surface area (Å²) in [5.41, 5.74) is -0.216. The fourth-order valence-electron chi connectivity index (χ4n) is 2.50. The Morgan fingerprint density at radius 2 is 1.80 bits per heavy atom. The zero-order chi connectivity index (χ0) is 14.9. The molecule has 0 heterocycles. The molecule has 0 aliphatic heterocycles. The van der Waals surface area contributed by atoms with Crippen LogP contribution in [0.3, 0.4) is 0 Å². The molecule has 8 heteroatoms. The number of nitrogens with zero attached hydrogens (tertiary/aromatic N) is 1. The second-order valence-electron chi connectivity index (χ2n) is 4.69. The van der Waals surface area contributed by atoms with E-state index in [0.717, 1.165) is 24.3 Å². The van der Waals surface area contributed by atoms with Gasteiger partial charge in [-0.1, -0.05) is 6.42 Å². The van der Waals surface area contributed by atoms with Crippen LogP contribution in [0.2, 0.25) is 0 Å². The van der Waals surface area contributed by atoms with E-state index in [9.17, 15) is 28.4 Å². The zero-order valence-electron chi connectivity index (χ0n) is 10.4. The minimum atomic E-state index is -3.82. The van der Waals surface area contributed by atoms with Gasteiger partial charge in [0.1, 0.15) is 0 Å². The van der Waals surface area contributed by atoms with E-state index >= 15 is 0 Å². The minimum Gasteiger partial charge on any atom is -0.550 e. The average molecular weight is 298 g/mol. The van der Waals surface area contributed by atoms with Crippen LogP contribution < -0.4 is 5.11 Å². The Kier molecular flexibility index (Phi) is 3.76.